The van der Waals surface area contributed by atoms with E-state index < -0.39 is 0 Å². The van der Waals surface area contributed by atoms with Gasteiger partial charge in [0.1, 0.15) is 0 Å². The highest BCUT2D eigenvalue weighted by Crippen LogP contribution is 2.24. The van der Waals surface area contributed by atoms with Crippen LogP contribution in [0.5, 0.6) is 0 Å². The Morgan fingerprint density at radius 3 is 2.54 bits per heavy atom. The second kappa shape index (κ2) is 12.2. The first-order valence-electron chi connectivity index (χ1n) is 10.2. The molecule has 1 aromatic heterocycles. The van der Waals surface area contributed by atoms with Crippen LogP contribution in [0.4, 0.5) is 5.00 Å². The van der Waals surface area contributed by atoms with Crippen molar-refractivity contribution in [3.05, 3.63) is 17.5 Å². The predicted octanol–water partition coefficient (Wildman–Crippen LogP) is 3.39. The first-order chi connectivity index (χ1) is 12.8. The normalized spacial score (nSPS) is 16.3. The third-order valence-electron chi connectivity index (χ3n) is 4.90. The fourth-order valence-electron chi connectivity index (χ4n) is 3.56. The predicted molar refractivity (Wildman–Crippen MR) is 116 cm³/mol. The van der Waals surface area contributed by atoms with E-state index in [1.54, 1.807) is 0 Å². The van der Waals surface area contributed by atoms with E-state index in [0.717, 1.165) is 32.0 Å². The van der Waals surface area contributed by atoms with Crippen LogP contribution in [-0.2, 0) is 0 Å². The molecule has 2 rings (SSSR count). The van der Waals surface area contributed by atoms with E-state index >= 15 is 0 Å². The molecule has 2 N–H and O–H groups in total. The fraction of sp³-hybridized carbons (Fsp3) is 0.750. The van der Waals surface area contributed by atoms with Crippen molar-refractivity contribution in [3.63, 3.8) is 0 Å². The number of hydrogen-bond donors (Lipinski definition) is 2. The lowest BCUT2D eigenvalue weighted by atomic mass is 10.1. The Labute approximate surface area is 163 Å². The highest BCUT2D eigenvalue weighted by molar-refractivity contribution is 7.14. The molecule has 0 bridgehead atoms. The van der Waals surface area contributed by atoms with Gasteiger partial charge >= 0.3 is 0 Å². The van der Waals surface area contributed by atoms with Crippen LogP contribution in [0.25, 0.3) is 0 Å². The average Bonchev–Trinajstić information content (AvgIpc) is 3.19. The van der Waals surface area contributed by atoms with Crippen molar-refractivity contribution in [2.24, 2.45) is 4.99 Å². The van der Waals surface area contributed by atoms with Crippen molar-refractivity contribution in [2.75, 3.05) is 51.2 Å². The molecule has 0 spiro atoms. The van der Waals surface area contributed by atoms with Gasteiger partial charge < -0.3 is 20.4 Å². The molecule has 0 aliphatic carbocycles. The quantitative estimate of drug-likeness (QED) is 0.371. The molecule has 1 fully saturated rings. The van der Waals surface area contributed by atoms with Crippen molar-refractivity contribution >= 4 is 22.3 Å². The van der Waals surface area contributed by atoms with Gasteiger partial charge in [-0.2, -0.15) is 0 Å². The minimum Gasteiger partial charge on any atom is -0.363 e. The third-order valence-corrected chi connectivity index (χ3v) is 5.83. The zero-order valence-corrected chi connectivity index (χ0v) is 17.7. The molecular formula is C20H37N5S. The van der Waals surface area contributed by atoms with Gasteiger partial charge in [-0.25, -0.2) is 0 Å². The summed E-state index contributed by atoms with van der Waals surface area (Å²) in [6, 6.07) is 4.88. The Kier molecular flexibility index (Phi) is 9.85. The molecule has 26 heavy (non-hydrogen) atoms. The molecule has 5 nitrogen and oxygen atoms in total. The van der Waals surface area contributed by atoms with E-state index in [4.69, 9.17) is 0 Å². The number of nitrogens with zero attached hydrogens (tertiary/aromatic N) is 3. The van der Waals surface area contributed by atoms with Gasteiger partial charge in [-0.05, 0) is 69.3 Å². The Hall–Kier alpha value is -1.27. The van der Waals surface area contributed by atoms with Crippen LogP contribution in [0, 0.1) is 0 Å². The van der Waals surface area contributed by atoms with Gasteiger partial charge in [0, 0.05) is 32.7 Å². The van der Waals surface area contributed by atoms with Gasteiger partial charge in [0.15, 0.2) is 5.96 Å². The molecule has 1 aliphatic rings. The maximum atomic E-state index is 4.41. The topological polar surface area (TPSA) is 42.9 Å². The number of rotatable bonds is 10. The number of guanidine groups is 1. The van der Waals surface area contributed by atoms with Gasteiger partial charge in [-0.15, -0.1) is 11.3 Å². The molecule has 2 heterocycles. The molecule has 0 unspecified atom stereocenters. The van der Waals surface area contributed by atoms with Crippen LogP contribution in [0.3, 0.4) is 0 Å². The van der Waals surface area contributed by atoms with E-state index in [1.807, 2.05) is 18.4 Å². The van der Waals surface area contributed by atoms with Crippen molar-refractivity contribution in [3.8, 4) is 0 Å². The summed E-state index contributed by atoms with van der Waals surface area (Å²) in [6.07, 6.45) is 5.97. The standard InChI is InChI=1S/C20H37N5S/c1-4-12-24(13-5-2)14-7-11-22-20(21-3)23-18-9-15-25(16-10-18)19-8-6-17-26-19/h6,8,17-18H,4-5,7,9-16H2,1-3H3,(H2,21,22,23). The summed E-state index contributed by atoms with van der Waals surface area (Å²) in [5.41, 5.74) is 0. The third kappa shape index (κ3) is 7.16. The fourth-order valence-corrected chi connectivity index (χ4v) is 4.34. The summed E-state index contributed by atoms with van der Waals surface area (Å²) in [6.45, 7) is 11.3. The lowest BCUT2D eigenvalue weighted by Gasteiger charge is -2.33. The maximum Gasteiger partial charge on any atom is 0.191 e. The van der Waals surface area contributed by atoms with Gasteiger partial charge in [0.05, 0.1) is 5.00 Å². The zero-order valence-electron chi connectivity index (χ0n) is 16.8. The molecule has 1 aromatic rings. The van der Waals surface area contributed by atoms with Crippen LogP contribution in [-0.4, -0.2) is 63.2 Å². The summed E-state index contributed by atoms with van der Waals surface area (Å²) in [5.74, 6) is 0.956. The van der Waals surface area contributed by atoms with Gasteiger partial charge in [-0.1, -0.05) is 13.8 Å². The number of aliphatic imine (C=N–C) groups is 1. The number of piperidine rings is 1. The monoisotopic (exact) mass is 379 g/mol. The van der Waals surface area contributed by atoms with Crippen LogP contribution < -0.4 is 15.5 Å². The Morgan fingerprint density at radius 2 is 1.96 bits per heavy atom. The summed E-state index contributed by atoms with van der Waals surface area (Å²) >= 11 is 1.84. The number of nitrogens with one attached hydrogen (secondary N) is 2. The minimum absolute atomic E-state index is 0.522. The molecule has 1 aliphatic heterocycles. The lowest BCUT2D eigenvalue weighted by Crippen LogP contribution is -2.49. The molecule has 1 saturated heterocycles. The maximum absolute atomic E-state index is 4.41. The molecule has 6 heteroatoms. The van der Waals surface area contributed by atoms with Crippen LogP contribution in [0.1, 0.15) is 46.0 Å². The molecule has 0 radical (unpaired) electrons. The van der Waals surface area contributed by atoms with E-state index in [0.29, 0.717) is 6.04 Å². The molecular weight excluding hydrogens is 342 g/mol. The summed E-state index contributed by atoms with van der Waals surface area (Å²) in [7, 11) is 1.87. The molecule has 0 aromatic carbocycles. The molecule has 148 valence electrons. The highest BCUT2D eigenvalue weighted by atomic mass is 32.1. The lowest BCUT2D eigenvalue weighted by molar-refractivity contribution is 0.271. The van der Waals surface area contributed by atoms with Crippen molar-refractivity contribution in [1.29, 1.82) is 0 Å². The molecule has 0 atom stereocenters. The van der Waals surface area contributed by atoms with Crippen molar-refractivity contribution in [2.45, 2.75) is 52.0 Å². The minimum atomic E-state index is 0.522. The van der Waals surface area contributed by atoms with Crippen molar-refractivity contribution < 1.29 is 0 Å². The largest absolute Gasteiger partial charge is 0.363 e. The van der Waals surface area contributed by atoms with Gasteiger partial charge in [-0.3, -0.25) is 4.99 Å². The van der Waals surface area contributed by atoms with Crippen LogP contribution >= 0.6 is 11.3 Å². The first kappa shape index (κ1) is 21.0. The van der Waals surface area contributed by atoms with Crippen LogP contribution in [0.15, 0.2) is 22.5 Å². The summed E-state index contributed by atoms with van der Waals surface area (Å²) in [5, 5.41) is 10.7. The zero-order chi connectivity index (χ0) is 18.6. The summed E-state index contributed by atoms with van der Waals surface area (Å²) in [4.78, 5) is 9.47. The Bertz CT molecular complexity index is 488. The second-order valence-corrected chi connectivity index (χ2v) is 7.98. The van der Waals surface area contributed by atoms with Crippen LogP contribution in [0.2, 0.25) is 0 Å². The smallest absolute Gasteiger partial charge is 0.191 e. The summed E-state index contributed by atoms with van der Waals surface area (Å²) < 4.78 is 0. The number of anilines is 1. The van der Waals surface area contributed by atoms with E-state index in [-0.39, 0.29) is 0 Å². The Morgan fingerprint density at radius 1 is 1.23 bits per heavy atom. The van der Waals surface area contributed by atoms with E-state index in [9.17, 15) is 0 Å². The average molecular weight is 380 g/mol. The number of thiophene rings is 1. The van der Waals surface area contributed by atoms with Gasteiger partial charge in [0.25, 0.3) is 0 Å². The van der Waals surface area contributed by atoms with E-state index in [1.165, 1.54) is 50.3 Å². The van der Waals surface area contributed by atoms with E-state index in [2.05, 4.69) is 56.8 Å². The molecule has 0 amide bonds. The second-order valence-electron chi connectivity index (χ2n) is 7.05. The van der Waals surface area contributed by atoms with Gasteiger partial charge in [0.2, 0.25) is 0 Å². The SMILES string of the molecule is CCCN(CCC)CCCNC(=NC)NC1CCN(c2cccs2)CC1. The van der Waals surface area contributed by atoms with Crippen molar-refractivity contribution in [1.82, 2.24) is 15.5 Å². The molecule has 0 saturated carbocycles. The Balaban J connectivity index is 1.63. The highest BCUT2D eigenvalue weighted by Gasteiger charge is 2.20. The first-order valence-corrected chi connectivity index (χ1v) is 11.1. The number of hydrogen-bond acceptors (Lipinski definition) is 4.